The molecule has 1 saturated heterocycles. The lowest BCUT2D eigenvalue weighted by Gasteiger charge is -2.32. The molecule has 96 valence electrons. The zero-order valence-corrected chi connectivity index (χ0v) is 10.7. The third-order valence-corrected chi connectivity index (χ3v) is 3.70. The van der Waals surface area contributed by atoms with Gasteiger partial charge in [-0.25, -0.2) is 9.50 Å². The fourth-order valence-electron chi connectivity index (χ4n) is 2.54. The van der Waals surface area contributed by atoms with Crippen LogP contribution in [-0.4, -0.2) is 45.7 Å². The Kier molecular flexibility index (Phi) is 3.15. The highest BCUT2D eigenvalue weighted by Gasteiger charge is 2.18. The molecular weight excluding hydrogens is 226 g/mol. The van der Waals surface area contributed by atoms with Crippen LogP contribution in [0.15, 0.2) is 24.5 Å². The van der Waals surface area contributed by atoms with Crippen molar-refractivity contribution in [2.45, 2.75) is 25.3 Å². The molecule has 0 bridgehead atoms. The second-order valence-electron chi connectivity index (χ2n) is 4.96. The first-order chi connectivity index (χ1) is 8.83. The quantitative estimate of drug-likeness (QED) is 0.892. The molecule has 3 heterocycles. The predicted molar refractivity (Wildman–Crippen MR) is 71.7 cm³/mol. The number of nitrogens with one attached hydrogen (secondary N) is 1. The fourth-order valence-corrected chi connectivity index (χ4v) is 2.54. The molecule has 1 N–H and O–H groups in total. The summed E-state index contributed by atoms with van der Waals surface area (Å²) in [5, 5.41) is 7.57. The van der Waals surface area contributed by atoms with E-state index in [0.29, 0.717) is 6.04 Å². The standard InChI is InChI=1S/C13H19N5/c1-17-8-3-2-4-11(17)10-14-12-6-9-18-13(16-12)5-7-15-18/h5-7,9,11H,2-4,8,10H2,1H3,(H,14,16). The molecular formula is C13H19N5. The van der Waals surface area contributed by atoms with Gasteiger partial charge in [-0.05, 0) is 32.5 Å². The zero-order chi connectivity index (χ0) is 12.4. The van der Waals surface area contributed by atoms with E-state index >= 15 is 0 Å². The van der Waals surface area contributed by atoms with E-state index in [-0.39, 0.29) is 0 Å². The number of likely N-dealkylation sites (N-methyl/N-ethyl adjacent to an activating group) is 1. The van der Waals surface area contributed by atoms with Crippen molar-refractivity contribution in [3.05, 3.63) is 24.5 Å². The van der Waals surface area contributed by atoms with E-state index in [2.05, 4.69) is 27.3 Å². The predicted octanol–water partition coefficient (Wildman–Crippen LogP) is 1.63. The van der Waals surface area contributed by atoms with Crippen LogP contribution in [0.5, 0.6) is 0 Å². The Balaban J connectivity index is 1.65. The Morgan fingerprint density at radius 2 is 2.33 bits per heavy atom. The second kappa shape index (κ2) is 4.94. The maximum absolute atomic E-state index is 4.52. The summed E-state index contributed by atoms with van der Waals surface area (Å²) in [5.74, 6) is 0.932. The third kappa shape index (κ3) is 2.31. The number of aromatic nitrogens is 3. The van der Waals surface area contributed by atoms with E-state index in [4.69, 9.17) is 0 Å². The SMILES string of the molecule is CN1CCCCC1CNc1ccn2nccc2n1. The minimum absolute atomic E-state index is 0.627. The summed E-state index contributed by atoms with van der Waals surface area (Å²) >= 11 is 0. The summed E-state index contributed by atoms with van der Waals surface area (Å²) in [6.45, 7) is 2.18. The highest BCUT2D eigenvalue weighted by atomic mass is 15.2. The molecule has 18 heavy (non-hydrogen) atoms. The molecule has 1 atom stereocenters. The minimum atomic E-state index is 0.627. The Morgan fingerprint density at radius 3 is 3.22 bits per heavy atom. The molecule has 1 aliphatic rings. The van der Waals surface area contributed by atoms with Crippen LogP contribution in [0.4, 0.5) is 5.82 Å². The number of likely N-dealkylation sites (tertiary alicyclic amines) is 1. The van der Waals surface area contributed by atoms with E-state index in [9.17, 15) is 0 Å². The molecule has 3 rings (SSSR count). The molecule has 0 amide bonds. The molecule has 0 radical (unpaired) electrons. The van der Waals surface area contributed by atoms with Gasteiger partial charge in [-0.15, -0.1) is 0 Å². The summed E-state index contributed by atoms with van der Waals surface area (Å²) < 4.78 is 1.78. The Labute approximate surface area is 107 Å². The smallest absolute Gasteiger partial charge is 0.157 e. The van der Waals surface area contributed by atoms with Crippen molar-refractivity contribution in [1.29, 1.82) is 0 Å². The van der Waals surface area contributed by atoms with Crippen LogP contribution in [0, 0.1) is 0 Å². The van der Waals surface area contributed by atoms with Gasteiger partial charge in [-0.1, -0.05) is 6.42 Å². The van der Waals surface area contributed by atoms with Crippen molar-refractivity contribution in [2.75, 3.05) is 25.5 Å². The van der Waals surface area contributed by atoms with Gasteiger partial charge in [-0.2, -0.15) is 5.10 Å². The number of anilines is 1. The van der Waals surface area contributed by atoms with Crippen molar-refractivity contribution in [1.82, 2.24) is 19.5 Å². The first-order valence-electron chi connectivity index (χ1n) is 6.57. The highest BCUT2D eigenvalue weighted by Crippen LogP contribution is 2.15. The van der Waals surface area contributed by atoms with Crippen molar-refractivity contribution < 1.29 is 0 Å². The fraction of sp³-hybridized carbons (Fsp3) is 0.538. The van der Waals surface area contributed by atoms with Gasteiger partial charge in [-0.3, -0.25) is 0 Å². The normalized spacial score (nSPS) is 21.3. The average Bonchev–Trinajstić information content (AvgIpc) is 2.85. The summed E-state index contributed by atoms with van der Waals surface area (Å²) in [7, 11) is 2.21. The first kappa shape index (κ1) is 11.5. The van der Waals surface area contributed by atoms with Gasteiger partial charge in [0.2, 0.25) is 0 Å². The lowest BCUT2D eigenvalue weighted by atomic mass is 10.0. The van der Waals surface area contributed by atoms with Gasteiger partial charge in [0.15, 0.2) is 5.65 Å². The van der Waals surface area contributed by atoms with Crippen LogP contribution in [0.3, 0.4) is 0 Å². The molecule has 1 aliphatic heterocycles. The van der Waals surface area contributed by atoms with Crippen molar-refractivity contribution >= 4 is 11.5 Å². The molecule has 2 aromatic heterocycles. The van der Waals surface area contributed by atoms with Gasteiger partial charge in [0, 0.05) is 24.8 Å². The Bertz CT molecular complexity index is 521. The summed E-state index contributed by atoms with van der Waals surface area (Å²) in [5.41, 5.74) is 0.886. The number of rotatable bonds is 3. The first-order valence-corrected chi connectivity index (χ1v) is 6.57. The van der Waals surface area contributed by atoms with E-state index in [1.165, 1.54) is 25.8 Å². The van der Waals surface area contributed by atoms with E-state index in [0.717, 1.165) is 18.0 Å². The number of hydrogen-bond donors (Lipinski definition) is 1. The van der Waals surface area contributed by atoms with Gasteiger partial charge in [0.05, 0.1) is 6.20 Å². The van der Waals surface area contributed by atoms with Crippen LogP contribution in [-0.2, 0) is 0 Å². The maximum Gasteiger partial charge on any atom is 0.157 e. The second-order valence-corrected chi connectivity index (χ2v) is 4.96. The molecule has 0 aromatic carbocycles. The molecule has 0 saturated carbocycles. The van der Waals surface area contributed by atoms with Crippen LogP contribution >= 0.6 is 0 Å². The molecule has 1 fully saturated rings. The number of piperidine rings is 1. The Morgan fingerprint density at radius 1 is 1.39 bits per heavy atom. The lowest BCUT2D eigenvalue weighted by Crippen LogP contribution is -2.40. The van der Waals surface area contributed by atoms with Gasteiger partial charge >= 0.3 is 0 Å². The Hall–Kier alpha value is -1.62. The molecule has 0 spiro atoms. The zero-order valence-electron chi connectivity index (χ0n) is 10.7. The van der Waals surface area contributed by atoms with Crippen LogP contribution in [0.2, 0.25) is 0 Å². The van der Waals surface area contributed by atoms with E-state index in [1.54, 1.807) is 10.7 Å². The van der Waals surface area contributed by atoms with Crippen LogP contribution < -0.4 is 5.32 Å². The largest absolute Gasteiger partial charge is 0.368 e. The summed E-state index contributed by atoms with van der Waals surface area (Å²) in [6.07, 6.45) is 7.65. The maximum atomic E-state index is 4.52. The monoisotopic (exact) mass is 245 g/mol. The number of fused-ring (bicyclic) bond motifs is 1. The molecule has 1 unspecified atom stereocenters. The lowest BCUT2D eigenvalue weighted by molar-refractivity contribution is 0.194. The van der Waals surface area contributed by atoms with Crippen molar-refractivity contribution in [3.8, 4) is 0 Å². The third-order valence-electron chi connectivity index (χ3n) is 3.70. The molecule has 0 aliphatic carbocycles. The number of hydrogen-bond acceptors (Lipinski definition) is 4. The number of nitrogens with zero attached hydrogens (tertiary/aromatic N) is 4. The van der Waals surface area contributed by atoms with Gasteiger partial charge < -0.3 is 10.2 Å². The minimum Gasteiger partial charge on any atom is -0.368 e. The highest BCUT2D eigenvalue weighted by molar-refractivity contribution is 5.45. The average molecular weight is 245 g/mol. The van der Waals surface area contributed by atoms with Crippen molar-refractivity contribution in [2.24, 2.45) is 0 Å². The van der Waals surface area contributed by atoms with Crippen LogP contribution in [0.1, 0.15) is 19.3 Å². The van der Waals surface area contributed by atoms with E-state index in [1.807, 2.05) is 18.3 Å². The summed E-state index contributed by atoms with van der Waals surface area (Å²) in [6, 6.07) is 4.52. The molecule has 2 aromatic rings. The van der Waals surface area contributed by atoms with E-state index < -0.39 is 0 Å². The van der Waals surface area contributed by atoms with Gasteiger partial charge in [0.1, 0.15) is 5.82 Å². The van der Waals surface area contributed by atoms with Crippen molar-refractivity contribution in [3.63, 3.8) is 0 Å². The van der Waals surface area contributed by atoms with Crippen LogP contribution in [0.25, 0.3) is 5.65 Å². The van der Waals surface area contributed by atoms with Gasteiger partial charge in [0.25, 0.3) is 0 Å². The molecule has 5 nitrogen and oxygen atoms in total. The molecule has 5 heteroatoms. The summed E-state index contributed by atoms with van der Waals surface area (Å²) in [4.78, 5) is 6.95. The topological polar surface area (TPSA) is 45.5 Å².